The van der Waals surface area contributed by atoms with Gasteiger partial charge in [0.25, 0.3) is 0 Å². The number of benzene rings is 8. The van der Waals surface area contributed by atoms with Gasteiger partial charge >= 0.3 is 0 Å². The van der Waals surface area contributed by atoms with Gasteiger partial charge in [0, 0.05) is 55.2 Å². The first-order valence-electron chi connectivity index (χ1n) is 19.2. The molecule has 0 spiro atoms. The van der Waals surface area contributed by atoms with Crippen LogP contribution in [0.3, 0.4) is 0 Å². The fourth-order valence-corrected chi connectivity index (χ4v) is 8.78. The molecule has 5 nitrogen and oxygen atoms in total. The van der Waals surface area contributed by atoms with Crippen LogP contribution in [0.1, 0.15) is 0 Å². The molecule has 0 aliphatic carbocycles. The molecule has 4 aromatic heterocycles. The Hall–Kier alpha value is -7.76. The molecule has 12 aromatic rings. The van der Waals surface area contributed by atoms with Crippen molar-refractivity contribution in [1.29, 1.82) is 0 Å². The predicted octanol–water partition coefficient (Wildman–Crippen LogP) is 13.6. The molecule has 0 fully saturated rings. The average molecular weight is 729 g/mol. The first kappa shape index (κ1) is 31.6. The molecule has 0 aliphatic rings. The quantitative estimate of drug-likeness (QED) is 0.177. The summed E-state index contributed by atoms with van der Waals surface area (Å²) in [6, 6.07) is 68.3. The first-order chi connectivity index (χ1) is 28.3. The second-order valence-corrected chi connectivity index (χ2v) is 14.6. The molecule has 0 N–H and O–H groups in total. The Labute approximate surface area is 327 Å². The van der Waals surface area contributed by atoms with Crippen molar-refractivity contribution in [3.8, 4) is 45.3 Å². The molecule has 12 rings (SSSR count). The molecule has 266 valence electrons. The van der Waals surface area contributed by atoms with E-state index in [-0.39, 0.29) is 0 Å². The fraction of sp³-hybridized carbons (Fsp3) is 0. The zero-order chi connectivity index (χ0) is 37.5. The highest BCUT2D eigenvalue weighted by Crippen LogP contribution is 2.42. The minimum absolute atomic E-state index is 0.648. The number of hydrogen-bond donors (Lipinski definition) is 0. The Bertz CT molecular complexity index is 3520. The molecule has 0 amide bonds. The van der Waals surface area contributed by atoms with Crippen molar-refractivity contribution in [2.24, 2.45) is 0 Å². The monoisotopic (exact) mass is 728 g/mol. The maximum atomic E-state index is 6.39. The van der Waals surface area contributed by atoms with Crippen molar-refractivity contribution in [3.05, 3.63) is 194 Å². The standard InChI is InChI=1S/C52H32N4O/c1-3-14-33(15-4-1)34-16-13-17-36(30-34)52-53-43(35-26-27-40-39-21-9-12-25-47(39)57-48(40)31-35)32-49(54-52)56-44-23-10-7-20-38(44)41-28-29-46-50(51(41)56)42-22-8-11-24-45(42)55(46)37-18-5-2-6-19-37/h1-32H. The van der Waals surface area contributed by atoms with Crippen LogP contribution in [0.15, 0.2) is 199 Å². The summed E-state index contributed by atoms with van der Waals surface area (Å²) in [6.45, 7) is 0. The van der Waals surface area contributed by atoms with Crippen LogP contribution in [0.4, 0.5) is 0 Å². The van der Waals surface area contributed by atoms with Crippen LogP contribution in [-0.4, -0.2) is 19.1 Å². The number of hydrogen-bond acceptors (Lipinski definition) is 3. The number of nitrogens with zero attached hydrogens (tertiary/aromatic N) is 4. The second-order valence-electron chi connectivity index (χ2n) is 14.6. The topological polar surface area (TPSA) is 48.8 Å². The number of aromatic nitrogens is 4. The zero-order valence-corrected chi connectivity index (χ0v) is 30.7. The largest absolute Gasteiger partial charge is 0.456 e. The van der Waals surface area contributed by atoms with E-state index in [4.69, 9.17) is 14.4 Å². The molecule has 57 heavy (non-hydrogen) atoms. The third-order valence-corrected chi connectivity index (χ3v) is 11.3. The third kappa shape index (κ3) is 4.89. The van der Waals surface area contributed by atoms with Crippen LogP contribution >= 0.6 is 0 Å². The number of rotatable bonds is 5. The predicted molar refractivity (Wildman–Crippen MR) is 234 cm³/mol. The van der Waals surface area contributed by atoms with E-state index in [2.05, 4.69) is 185 Å². The highest BCUT2D eigenvalue weighted by molar-refractivity contribution is 6.26. The Kier molecular flexibility index (Phi) is 6.86. The summed E-state index contributed by atoms with van der Waals surface area (Å²) >= 11 is 0. The summed E-state index contributed by atoms with van der Waals surface area (Å²) in [5.74, 6) is 1.44. The van der Waals surface area contributed by atoms with E-state index in [1.165, 1.54) is 21.5 Å². The lowest BCUT2D eigenvalue weighted by Crippen LogP contribution is -2.03. The lowest BCUT2D eigenvalue weighted by Gasteiger charge is -2.13. The molecule has 0 unspecified atom stereocenters. The van der Waals surface area contributed by atoms with Crippen LogP contribution in [0.25, 0.3) is 111 Å². The van der Waals surface area contributed by atoms with Crippen LogP contribution in [0.5, 0.6) is 0 Å². The van der Waals surface area contributed by atoms with E-state index < -0.39 is 0 Å². The van der Waals surface area contributed by atoms with E-state index in [1.807, 2.05) is 18.2 Å². The molecule has 8 aromatic carbocycles. The van der Waals surface area contributed by atoms with Crippen molar-refractivity contribution in [2.75, 3.05) is 0 Å². The molecule has 0 saturated carbocycles. The molecular formula is C52H32N4O. The Morgan fingerprint density at radius 1 is 0.368 bits per heavy atom. The third-order valence-electron chi connectivity index (χ3n) is 11.3. The van der Waals surface area contributed by atoms with E-state index in [9.17, 15) is 0 Å². The van der Waals surface area contributed by atoms with Gasteiger partial charge in [0.1, 0.15) is 17.0 Å². The average Bonchev–Trinajstić information content (AvgIpc) is 3.94. The summed E-state index contributed by atoms with van der Waals surface area (Å²) in [7, 11) is 0. The van der Waals surface area contributed by atoms with Gasteiger partial charge in [-0.15, -0.1) is 0 Å². The van der Waals surface area contributed by atoms with Gasteiger partial charge in [0.2, 0.25) is 0 Å². The fourth-order valence-electron chi connectivity index (χ4n) is 8.78. The van der Waals surface area contributed by atoms with Crippen LogP contribution in [0, 0.1) is 0 Å². The van der Waals surface area contributed by atoms with E-state index in [1.54, 1.807) is 0 Å². The zero-order valence-electron chi connectivity index (χ0n) is 30.7. The number of fused-ring (bicyclic) bond motifs is 10. The van der Waals surface area contributed by atoms with Gasteiger partial charge in [-0.2, -0.15) is 0 Å². The maximum absolute atomic E-state index is 6.39. The van der Waals surface area contributed by atoms with Gasteiger partial charge < -0.3 is 8.98 Å². The van der Waals surface area contributed by atoms with Gasteiger partial charge in [0.15, 0.2) is 5.82 Å². The maximum Gasteiger partial charge on any atom is 0.162 e. The molecule has 4 heterocycles. The second kappa shape index (κ2) is 12.4. The number of para-hydroxylation sites is 4. The number of furan rings is 1. The molecule has 0 atom stereocenters. The lowest BCUT2D eigenvalue weighted by atomic mass is 10.0. The highest BCUT2D eigenvalue weighted by Gasteiger charge is 2.22. The summed E-state index contributed by atoms with van der Waals surface area (Å²) in [5.41, 5.74) is 12.3. The SMILES string of the molecule is c1ccc(-c2cccc(-c3nc(-c4ccc5c(c4)oc4ccccc45)cc(-n4c5ccccc5c5ccc6c(c7ccccc7n6-c6ccccc6)c54)n3)c2)cc1. The van der Waals surface area contributed by atoms with Crippen molar-refractivity contribution in [2.45, 2.75) is 0 Å². The van der Waals surface area contributed by atoms with Crippen molar-refractivity contribution >= 4 is 65.6 Å². The lowest BCUT2D eigenvalue weighted by molar-refractivity contribution is 0.669. The van der Waals surface area contributed by atoms with Crippen LogP contribution in [0.2, 0.25) is 0 Å². The molecule has 0 saturated heterocycles. The van der Waals surface area contributed by atoms with Gasteiger partial charge in [-0.05, 0) is 65.7 Å². The summed E-state index contributed by atoms with van der Waals surface area (Å²) in [5, 5.41) is 6.89. The highest BCUT2D eigenvalue weighted by atomic mass is 16.3. The summed E-state index contributed by atoms with van der Waals surface area (Å²) < 4.78 is 11.1. The molecule has 0 aliphatic heterocycles. The first-order valence-corrected chi connectivity index (χ1v) is 19.2. The minimum atomic E-state index is 0.648. The van der Waals surface area contributed by atoms with Gasteiger partial charge in [-0.3, -0.25) is 4.57 Å². The van der Waals surface area contributed by atoms with Crippen LogP contribution < -0.4 is 0 Å². The Morgan fingerprint density at radius 2 is 1.02 bits per heavy atom. The van der Waals surface area contributed by atoms with Crippen molar-refractivity contribution in [3.63, 3.8) is 0 Å². The smallest absolute Gasteiger partial charge is 0.162 e. The van der Waals surface area contributed by atoms with Gasteiger partial charge in [0.05, 0.1) is 27.8 Å². The molecular weight excluding hydrogens is 697 g/mol. The normalized spacial score (nSPS) is 11.9. The van der Waals surface area contributed by atoms with E-state index >= 15 is 0 Å². The van der Waals surface area contributed by atoms with E-state index in [0.29, 0.717) is 5.82 Å². The van der Waals surface area contributed by atoms with Crippen molar-refractivity contribution in [1.82, 2.24) is 19.1 Å². The summed E-state index contributed by atoms with van der Waals surface area (Å²) in [4.78, 5) is 10.8. The summed E-state index contributed by atoms with van der Waals surface area (Å²) in [6.07, 6.45) is 0. The Morgan fingerprint density at radius 3 is 1.86 bits per heavy atom. The Balaban J connectivity index is 1.18. The minimum Gasteiger partial charge on any atom is -0.456 e. The van der Waals surface area contributed by atoms with Gasteiger partial charge in [-0.25, -0.2) is 9.97 Å². The molecule has 0 radical (unpaired) electrons. The van der Waals surface area contributed by atoms with Crippen molar-refractivity contribution < 1.29 is 4.42 Å². The molecule has 0 bridgehead atoms. The van der Waals surface area contributed by atoms with E-state index in [0.717, 1.165) is 83.5 Å². The molecule has 5 heteroatoms. The van der Waals surface area contributed by atoms with Crippen LogP contribution in [-0.2, 0) is 0 Å². The van der Waals surface area contributed by atoms with Gasteiger partial charge in [-0.1, -0.05) is 133 Å².